The summed E-state index contributed by atoms with van der Waals surface area (Å²) in [4.78, 5) is 27.5. The Morgan fingerprint density at radius 3 is 2.38 bits per heavy atom. The number of hydrogen-bond donors (Lipinski definition) is 1. The number of hydrogen-bond acceptors (Lipinski definition) is 4. The fourth-order valence-electron chi connectivity index (χ4n) is 3.19. The van der Waals surface area contributed by atoms with Crippen LogP contribution in [-0.2, 0) is 11.3 Å². The van der Waals surface area contributed by atoms with Gasteiger partial charge in [0, 0.05) is 32.2 Å². The number of amides is 1. The van der Waals surface area contributed by atoms with Crippen LogP contribution in [0.25, 0.3) is 0 Å². The first-order valence-electron chi connectivity index (χ1n) is 9.24. The van der Waals surface area contributed by atoms with Crippen molar-refractivity contribution in [3.8, 4) is 0 Å². The van der Waals surface area contributed by atoms with Gasteiger partial charge >= 0.3 is 12.1 Å². The van der Waals surface area contributed by atoms with Gasteiger partial charge in [-0.15, -0.1) is 0 Å². The normalized spacial score (nSPS) is 18.6. The maximum absolute atomic E-state index is 12.4. The minimum atomic E-state index is -0.911. The van der Waals surface area contributed by atoms with Crippen LogP contribution >= 0.6 is 0 Å². The number of carboxylic acid groups (broad SMARTS) is 1. The zero-order valence-corrected chi connectivity index (χ0v) is 16.2. The van der Waals surface area contributed by atoms with Gasteiger partial charge in [-0.1, -0.05) is 25.5 Å². The summed E-state index contributed by atoms with van der Waals surface area (Å²) >= 11 is 0. The number of piperazine rings is 1. The molecule has 1 N–H and O–H groups in total. The van der Waals surface area contributed by atoms with Gasteiger partial charge in [-0.2, -0.15) is 0 Å². The largest absolute Gasteiger partial charge is 0.478 e. The molecule has 1 aliphatic rings. The third-order valence-corrected chi connectivity index (χ3v) is 4.46. The van der Waals surface area contributed by atoms with Gasteiger partial charge in [0.25, 0.3) is 0 Å². The maximum atomic E-state index is 12.4. The maximum Gasteiger partial charge on any atom is 0.410 e. The predicted octanol–water partition coefficient (Wildman–Crippen LogP) is 3.61. The van der Waals surface area contributed by atoms with E-state index in [4.69, 9.17) is 9.84 Å². The van der Waals surface area contributed by atoms with Crippen molar-refractivity contribution in [2.75, 3.05) is 19.6 Å². The van der Waals surface area contributed by atoms with Crippen LogP contribution < -0.4 is 0 Å². The average molecular weight is 362 g/mol. The molecule has 1 atom stereocenters. The molecule has 0 spiro atoms. The van der Waals surface area contributed by atoms with Crippen molar-refractivity contribution in [2.45, 2.75) is 58.7 Å². The number of carboxylic acids is 1. The molecule has 0 unspecified atom stereocenters. The summed E-state index contributed by atoms with van der Waals surface area (Å²) in [6.45, 7) is 10.6. The summed E-state index contributed by atoms with van der Waals surface area (Å²) in [5, 5.41) is 9.01. The highest BCUT2D eigenvalue weighted by molar-refractivity contribution is 5.87. The molecule has 0 aromatic heterocycles. The first kappa shape index (κ1) is 20.2. The molecular weight excluding hydrogens is 332 g/mol. The molecule has 26 heavy (non-hydrogen) atoms. The van der Waals surface area contributed by atoms with Crippen molar-refractivity contribution in [3.05, 3.63) is 35.4 Å². The second-order valence-corrected chi connectivity index (χ2v) is 7.84. The van der Waals surface area contributed by atoms with Gasteiger partial charge in [-0.05, 0) is 44.9 Å². The number of carbonyl (C=O) groups is 2. The lowest BCUT2D eigenvalue weighted by Crippen LogP contribution is -2.55. The van der Waals surface area contributed by atoms with Crippen LogP contribution in [0.1, 0.15) is 56.5 Å². The van der Waals surface area contributed by atoms with Gasteiger partial charge in [0.15, 0.2) is 0 Å². The summed E-state index contributed by atoms with van der Waals surface area (Å²) in [7, 11) is 0. The van der Waals surface area contributed by atoms with Crippen molar-refractivity contribution in [2.24, 2.45) is 0 Å². The Kier molecular flexibility index (Phi) is 6.64. The standard InChI is InChI=1S/C20H30N2O4/c1-5-6-17-14-22(19(25)26-20(2,3)4)12-11-21(17)13-15-7-9-16(10-8-15)18(23)24/h7-10,17H,5-6,11-14H2,1-4H3,(H,23,24)/t17-/m1/s1. The molecule has 0 bridgehead atoms. The number of aromatic carboxylic acids is 1. The van der Waals surface area contributed by atoms with Crippen LogP contribution in [-0.4, -0.2) is 58.2 Å². The molecule has 1 aliphatic heterocycles. The van der Waals surface area contributed by atoms with Crippen molar-refractivity contribution >= 4 is 12.1 Å². The van der Waals surface area contributed by atoms with Gasteiger partial charge in [-0.25, -0.2) is 9.59 Å². The van der Waals surface area contributed by atoms with Crippen LogP contribution in [0.4, 0.5) is 4.79 Å². The molecule has 6 nitrogen and oxygen atoms in total. The van der Waals surface area contributed by atoms with E-state index in [2.05, 4.69) is 11.8 Å². The van der Waals surface area contributed by atoms with Crippen molar-refractivity contribution in [3.63, 3.8) is 0 Å². The topological polar surface area (TPSA) is 70.1 Å². The quantitative estimate of drug-likeness (QED) is 0.866. The summed E-state index contributed by atoms with van der Waals surface area (Å²) in [5.41, 5.74) is 0.899. The van der Waals surface area contributed by atoms with Crippen molar-refractivity contribution < 1.29 is 19.4 Å². The molecule has 6 heteroatoms. The number of benzene rings is 1. The molecule has 0 saturated carbocycles. The Morgan fingerprint density at radius 2 is 1.85 bits per heavy atom. The van der Waals surface area contributed by atoms with Gasteiger partial charge in [0.1, 0.15) is 5.60 Å². The van der Waals surface area contributed by atoms with E-state index in [0.717, 1.165) is 31.5 Å². The molecule has 1 saturated heterocycles. The number of rotatable bonds is 5. The molecule has 1 fully saturated rings. The second-order valence-electron chi connectivity index (χ2n) is 7.84. The Labute approximate surface area is 155 Å². The summed E-state index contributed by atoms with van der Waals surface area (Å²) in [6, 6.07) is 7.30. The van der Waals surface area contributed by atoms with Crippen molar-refractivity contribution in [1.82, 2.24) is 9.80 Å². The third kappa shape index (κ3) is 5.73. The minimum Gasteiger partial charge on any atom is -0.478 e. The van der Waals surface area contributed by atoms with E-state index in [9.17, 15) is 9.59 Å². The van der Waals surface area contributed by atoms with Crippen LogP contribution in [0.2, 0.25) is 0 Å². The molecular formula is C20H30N2O4. The highest BCUT2D eigenvalue weighted by Crippen LogP contribution is 2.20. The number of nitrogens with zero attached hydrogens (tertiary/aromatic N) is 2. The van der Waals surface area contributed by atoms with Gasteiger partial charge in [0.2, 0.25) is 0 Å². The van der Waals surface area contributed by atoms with Crippen LogP contribution in [0.3, 0.4) is 0 Å². The van der Waals surface area contributed by atoms with Gasteiger partial charge in [0.05, 0.1) is 5.56 Å². The summed E-state index contributed by atoms with van der Waals surface area (Å²) in [5.74, 6) is -0.911. The average Bonchev–Trinajstić information content (AvgIpc) is 2.55. The van der Waals surface area contributed by atoms with E-state index < -0.39 is 11.6 Å². The summed E-state index contributed by atoms with van der Waals surface area (Å²) in [6.07, 6.45) is 1.80. The monoisotopic (exact) mass is 362 g/mol. The van der Waals surface area contributed by atoms with E-state index in [1.807, 2.05) is 32.9 Å². The van der Waals surface area contributed by atoms with E-state index in [1.54, 1.807) is 17.0 Å². The Hall–Kier alpha value is -2.08. The molecule has 144 valence electrons. The number of ether oxygens (including phenoxy) is 1. The molecule has 1 aromatic rings. The fraction of sp³-hybridized carbons (Fsp3) is 0.600. The lowest BCUT2D eigenvalue weighted by Gasteiger charge is -2.41. The molecule has 1 amide bonds. The van der Waals surface area contributed by atoms with E-state index >= 15 is 0 Å². The zero-order valence-electron chi connectivity index (χ0n) is 16.2. The second kappa shape index (κ2) is 8.54. The van der Waals surface area contributed by atoms with Crippen LogP contribution in [0.15, 0.2) is 24.3 Å². The Bertz CT molecular complexity index is 622. The van der Waals surface area contributed by atoms with E-state index in [-0.39, 0.29) is 12.1 Å². The smallest absolute Gasteiger partial charge is 0.410 e. The van der Waals surface area contributed by atoms with Gasteiger partial charge < -0.3 is 14.7 Å². The molecule has 1 aromatic carbocycles. The van der Waals surface area contributed by atoms with Crippen LogP contribution in [0.5, 0.6) is 0 Å². The van der Waals surface area contributed by atoms with Gasteiger partial charge in [-0.3, -0.25) is 4.90 Å². The van der Waals surface area contributed by atoms with Crippen molar-refractivity contribution in [1.29, 1.82) is 0 Å². The Morgan fingerprint density at radius 1 is 1.19 bits per heavy atom. The highest BCUT2D eigenvalue weighted by Gasteiger charge is 2.31. The first-order valence-corrected chi connectivity index (χ1v) is 9.24. The summed E-state index contributed by atoms with van der Waals surface area (Å²) < 4.78 is 5.51. The fourth-order valence-corrected chi connectivity index (χ4v) is 3.19. The predicted molar refractivity (Wildman–Crippen MR) is 100 cm³/mol. The third-order valence-electron chi connectivity index (χ3n) is 4.46. The minimum absolute atomic E-state index is 0.246. The molecule has 2 rings (SSSR count). The lowest BCUT2D eigenvalue weighted by molar-refractivity contribution is 0.00120. The molecule has 1 heterocycles. The van der Waals surface area contributed by atoms with E-state index in [0.29, 0.717) is 18.7 Å². The zero-order chi connectivity index (χ0) is 19.3. The first-order chi connectivity index (χ1) is 12.2. The lowest BCUT2D eigenvalue weighted by atomic mass is 10.0. The van der Waals surface area contributed by atoms with E-state index in [1.165, 1.54) is 0 Å². The SMILES string of the molecule is CCC[C@@H]1CN(C(=O)OC(C)(C)C)CCN1Cc1ccc(C(=O)O)cc1. The Balaban J connectivity index is 2.01. The molecule has 0 radical (unpaired) electrons. The molecule has 0 aliphatic carbocycles. The number of carbonyl (C=O) groups excluding carboxylic acids is 1. The van der Waals surface area contributed by atoms with Crippen LogP contribution in [0, 0.1) is 0 Å². The highest BCUT2D eigenvalue weighted by atomic mass is 16.6.